The summed E-state index contributed by atoms with van der Waals surface area (Å²) in [6.45, 7) is -0.297. The number of ether oxygens (including phenoxy) is 2. The van der Waals surface area contributed by atoms with Crippen LogP contribution in [0.5, 0.6) is 0 Å². The molecule has 120 valence electrons. The van der Waals surface area contributed by atoms with Gasteiger partial charge in [-0.15, -0.1) is 11.3 Å². The van der Waals surface area contributed by atoms with Crippen molar-refractivity contribution in [1.29, 1.82) is 0 Å². The predicted molar refractivity (Wildman–Crippen MR) is 83.8 cm³/mol. The molecule has 3 rings (SSSR count). The van der Waals surface area contributed by atoms with Crippen molar-refractivity contribution in [2.75, 3.05) is 13.7 Å². The Bertz CT molecular complexity index is 641. The fraction of sp³-hybridized carbons (Fsp3) is 0.538. The highest BCUT2D eigenvalue weighted by molar-refractivity contribution is 7.99. The van der Waals surface area contributed by atoms with Crippen molar-refractivity contribution in [3.63, 3.8) is 0 Å². The van der Waals surface area contributed by atoms with Gasteiger partial charge in [-0.2, -0.15) is 0 Å². The zero-order valence-electron chi connectivity index (χ0n) is 11.8. The van der Waals surface area contributed by atoms with Crippen LogP contribution in [0.4, 0.5) is 0 Å². The van der Waals surface area contributed by atoms with E-state index < -0.39 is 29.8 Å². The molecular weight excluding hydrogens is 326 g/mol. The molecule has 3 heterocycles. The van der Waals surface area contributed by atoms with E-state index in [2.05, 4.69) is 9.97 Å². The van der Waals surface area contributed by atoms with E-state index >= 15 is 0 Å². The van der Waals surface area contributed by atoms with Crippen LogP contribution in [0.25, 0.3) is 10.3 Å². The molecule has 5 unspecified atom stereocenters. The van der Waals surface area contributed by atoms with Gasteiger partial charge in [-0.3, -0.25) is 0 Å². The summed E-state index contributed by atoms with van der Waals surface area (Å²) in [6.07, 6.45) is -0.458. The van der Waals surface area contributed by atoms with E-state index in [1.165, 1.54) is 30.2 Å². The van der Waals surface area contributed by atoms with E-state index in [-0.39, 0.29) is 6.61 Å². The topological polar surface area (TPSA) is 111 Å². The van der Waals surface area contributed by atoms with Crippen LogP contribution in [0.15, 0.2) is 22.7 Å². The molecule has 0 spiro atoms. The highest BCUT2D eigenvalue weighted by Gasteiger charge is 2.43. The van der Waals surface area contributed by atoms with Crippen molar-refractivity contribution >= 4 is 33.4 Å². The number of fused-ring (bicyclic) bond motifs is 1. The average Bonchev–Trinajstić information content (AvgIpc) is 2.98. The van der Waals surface area contributed by atoms with Crippen molar-refractivity contribution < 1.29 is 19.7 Å². The van der Waals surface area contributed by atoms with Crippen LogP contribution in [0.2, 0.25) is 0 Å². The first-order valence-corrected chi connectivity index (χ1v) is 8.48. The molecule has 2 aromatic rings. The molecule has 1 saturated heterocycles. The van der Waals surface area contributed by atoms with E-state index in [9.17, 15) is 10.2 Å². The SMILES string of the molecule is COC1C(Sc2cnc3ncsc3c2)OC(CO)C(O)C1N. The van der Waals surface area contributed by atoms with Crippen molar-refractivity contribution in [3.05, 3.63) is 17.8 Å². The summed E-state index contributed by atoms with van der Waals surface area (Å²) >= 11 is 2.92. The Kier molecular flexibility index (Phi) is 4.93. The Morgan fingerprint density at radius 1 is 1.50 bits per heavy atom. The van der Waals surface area contributed by atoms with Gasteiger partial charge in [-0.1, -0.05) is 11.8 Å². The summed E-state index contributed by atoms with van der Waals surface area (Å²) in [6, 6.07) is 1.35. The minimum atomic E-state index is -0.964. The van der Waals surface area contributed by atoms with Gasteiger partial charge in [0.1, 0.15) is 23.7 Å². The molecule has 1 aliphatic heterocycles. The Hall–Kier alpha value is -0.810. The Morgan fingerprint density at radius 2 is 2.32 bits per heavy atom. The summed E-state index contributed by atoms with van der Waals surface area (Å²) in [7, 11) is 1.53. The van der Waals surface area contributed by atoms with Crippen LogP contribution in [-0.4, -0.2) is 63.7 Å². The van der Waals surface area contributed by atoms with Crippen molar-refractivity contribution in [2.24, 2.45) is 5.73 Å². The lowest BCUT2D eigenvalue weighted by Crippen LogP contribution is -2.61. The zero-order chi connectivity index (χ0) is 15.7. The van der Waals surface area contributed by atoms with Crippen LogP contribution in [-0.2, 0) is 9.47 Å². The molecule has 9 heteroatoms. The van der Waals surface area contributed by atoms with Gasteiger partial charge in [-0.25, -0.2) is 9.97 Å². The first-order chi connectivity index (χ1) is 10.6. The molecule has 4 N–H and O–H groups in total. The lowest BCUT2D eigenvalue weighted by molar-refractivity contribution is -0.167. The molecule has 0 aliphatic carbocycles. The number of nitrogens with two attached hydrogens (primary N) is 1. The van der Waals surface area contributed by atoms with E-state index in [1.807, 2.05) is 6.07 Å². The summed E-state index contributed by atoms with van der Waals surface area (Å²) in [5.74, 6) is 0. The molecule has 1 aliphatic rings. The van der Waals surface area contributed by atoms with Gasteiger partial charge in [0.2, 0.25) is 0 Å². The molecule has 0 radical (unpaired) electrons. The highest BCUT2D eigenvalue weighted by atomic mass is 32.2. The predicted octanol–water partition coefficient (Wildman–Crippen LogP) is 0.204. The van der Waals surface area contributed by atoms with E-state index in [0.717, 1.165) is 9.60 Å². The Morgan fingerprint density at radius 3 is 3.05 bits per heavy atom. The van der Waals surface area contributed by atoms with Gasteiger partial charge in [0, 0.05) is 18.2 Å². The van der Waals surface area contributed by atoms with E-state index in [4.69, 9.17) is 15.2 Å². The number of aliphatic hydroxyl groups excluding tert-OH is 2. The van der Waals surface area contributed by atoms with E-state index in [1.54, 1.807) is 11.7 Å². The standard InChI is InChI=1S/C13H17N3O4S2/c1-19-11-9(14)10(18)7(4-17)20-13(11)22-6-2-8-12(15-3-6)16-5-21-8/h2-3,5,7,9-11,13,17-18H,4,14H2,1H3. The maximum Gasteiger partial charge on any atom is 0.170 e. The number of thiazole rings is 1. The molecule has 0 bridgehead atoms. The van der Waals surface area contributed by atoms with Gasteiger partial charge in [-0.05, 0) is 6.07 Å². The second-order valence-corrected chi connectivity index (χ2v) is 7.01. The number of aliphatic hydroxyl groups is 2. The number of hydrogen-bond donors (Lipinski definition) is 3. The zero-order valence-corrected chi connectivity index (χ0v) is 13.5. The lowest BCUT2D eigenvalue weighted by Gasteiger charge is -2.41. The highest BCUT2D eigenvalue weighted by Crippen LogP contribution is 2.35. The van der Waals surface area contributed by atoms with Gasteiger partial charge in [0.25, 0.3) is 0 Å². The maximum absolute atomic E-state index is 10.0. The number of rotatable bonds is 4. The second-order valence-electron chi connectivity index (χ2n) is 4.96. The van der Waals surface area contributed by atoms with Crippen LogP contribution in [0.1, 0.15) is 0 Å². The molecule has 1 fully saturated rings. The maximum atomic E-state index is 10.0. The summed E-state index contributed by atoms with van der Waals surface area (Å²) in [5.41, 5.74) is 8.03. The molecule has 0 aromatic carbocycles. The fourth-order valence-corrected chi connectivity index (χ4v) is 4.34. The summed E-state index contributed by atoms with van der Waals surface area (Å²) in [5, 5.41) is 19.3. The van der Waals surface area contributed by atoms with Gasteiger partial charge >= 0.3 is 0 Å². The van der Waals surface area contributed by atoms with Crippen molar-refractivity contribution in [2.45, 2.75) is 34.7 Å². The second kappa shape index (κ2) is 6.75. The van der Waals surface area contributed by atoms with Crippen molar-refractivity contribution in [3.8, 4) is 0 Å². The third-order valence-corrected chi connectivity index (χ3v) is 5.47. The third kappa shape index (κ3) is 2.98. The number of hydrogen-bond acceptors (Lipinski definition) is 9. The number of pyridine rings is 1. The molecule has 0 saturated carbocycles. The number of methoxy groups -OCH3 is 1. The van der Waals surface area contributed by atoms with Crippen LogP contribution >= 0.6 is 23.1 Å². The molecular formula is C13H17N3O4S2. The molecule has 5 atom stereocenters. The molecule has 0 amide bonds. The van der Waals surface area contributed by atoms with Crippen LogP contribution in [0.3, 0.4) is 0 Å². The Balaban J connectivity index is 1.81. The fourth-order valence-electron chi connectivity index (χ4n) is 2.40. The third-order valence-electron chi connectivity index (χ3n) is 3.60. The molecule has 22 heavy (non-hydrogen) atoms. The number of thioether (sulfide) groups is 1. The van der Waals surface area contributed by atoms with Gasteiger partial charge in [0.15, 0.2) is 5.65 Å². The lowest BCUT2D eigenvalue weighted by atomic mass is 9.98. The minimum Gasteiger partial charge on any atom is -0.394 e. The first kappa shape index (κ1) is 16.1. The molecule has 7 nitrogen and oxygen atoms in total. The smallest absolute Gasteiger partial charge is 0.170 e. The molecule has 2 aromatic heterocycles. The Labute approximate surface area is 135 Å². The van der Waals surface area contributed by atoms with Crippen molar-refractivity contribution in [1.82, 2.24) is 9.97 Å². The first-order valence-electron chi connectivity index (χ1n) is 6.72. The minimum absolute atomic E-state index is 0.297. The average molecular weight is 343 g/mol. The largest absolute Gasteiger partial charge is 0.394 e. The van der Waals surface area contributed by atoms with Gasteiger partial charge < -0.3 is 25.4 Å². The summed E-state index contributed by atoms with van der Waals surface area (Å²) in [4.78, 5) is 9.32. The van der Waals surface area contributed by atoms with Gasteiger partial charge in [0.05, 0.1) is 22.9 Å². The van der Waals surface area contributed by atoms with Crippen LogP contribution < -0.4 is 5.73 Å². The summed E-state index contributed by atoms with van der Waals surface area (Å²) < 4.78 is 12.1. The quantitative estimate of drug-likeness (QED) is 0.722. The normalized spacial score (nSPS) is 32.5. The number of nitrogens with zero attached hydrogens (tertiary/aromatic N) is 2. The van der Waals surface area contributed by atoms with E-state index in [0.29, 0.717) is 5.65 Å². The monoisotopic (exact) mass is 343 g/mol. The van der Waals surface area contributed by atoms with Crippen LogP contribution in [0, 0.1) is 0 Å². The number of aromatic nitrogens is 2.